The fourth-order valence-electron chi connectivity index (χ4n) is 3.25. The molecule has 0 aliphatic rings. The summed E-state index contributed by atoms with van der Waals surface area (Å²) in [5.74, 6) is 0.0236. The summed E-state index contributed by atoms with van der Waals surface area (Å²) in [6.07, 6.45) is 15.6. The second-order valence-electron chi connectivity index (χ2n) is 7.79. The molecule has 0 saturated heterocycles. The number of anilines is 1. The van der Waals surface area contributed by atoms with Gasteiger partial charge in [-0.25, -0.2) is 4.98 Å². The van der Waals surface area contributed by atoms with Crippen LogP contribution < -0.4 is 11.3 Å². The number of aromatic nitrogens is 4. The molecule has 1 atom stereocenters. The average molecular weight is 482 g/mol. The van der Waals surface area contributed by atoms with Crippen molar-refractivity contribution in [3.05, 3.63) is 41.5 Å². The minimum Gasteiger partial charge on any atom is -0.379 e. The van der Waals surface area contributed by atoms with Crippen molar-refractivity contribution in [3.8, 4) is 0 Å². The highest BCUT2D eigenvalue weighted by Gasteiger charge is 2.17. The molecule has 2 aromatic heterocycles. The summed E-state index contributed by atoms with van der Waals surface area (Å²) in [6, 6.07) is 0. The van der Waals surface area contributed by atoms with Crippen LogP contribution in [-0.4, -0.2) is 50.4 Å². The number of hydrogen-bond donors (Lipinski definition) is 3. The maximum absolute atomic E-state index is 12.1. The number of hydrogen-bond acceptors (Lipinski definition) is 7. The van der Waals surface area contributed by atoms with Crippen LogP contribution in [0, 0.1) is 0 Å². The predicted octanol–water partition coefficient (Wildman–Crippen LogP) is 3.78. The molecular formula is C22H36N5O5P. The zero-order valence-electron chi connectivity index (χ0n) is 19.2. The molecule has 0 amide bonds. The van der Waals surface area contributed by atoms with Crippen LogP contribution in [0.15, 0.2) is 35.9 Å². The Balaban J connectivity index is 1.54. The van der Waals surface area contributed by atoms with E-state index in [1.807, 2.05) is 12.2 Å². The summed E-state index contributed by atoms with van der Waals surface area (Å²) in [6.45, 7) is 5.18. The van der Waals surface area contributed by atoms with Gasteiger partial charge in [0.05, 0.1) is 25.7 Å². The predicted molar refractivity (Wildman–Crippen MR) is 130 cm³/mol. The minimum atomic E-state index is -3.66. The molecule has 2 heterocycles. The number of imidazole rings is 1. The van der Waals surface area contributed by atoms with E-state index in [1.165, 1.54) is 32.0 Å². The van der Waals surface area contributed by atoms with Gasteiger partial charge in [0.2, 0.25) is 5.95 Å². The molecule has 0 radical (unpaired) electrons. The Morgan fingerprint density at radius 1 is 1.12 bits per heavy atom. The molecule has 0 fully saturated rings. The van der Waals surface area contributed by atoms with Crippen molar-refractivity contribution in [3.63, 3.8) is 0 Å². The average Bonchev–Trinajstić information content (AvgIpc) is 3.17. The molecule has 1 unspecified atom stereocenters. The number of fused-ring (bicyclic) bond motifs is 1. The number of unbranched alkanes of at least 4 members (excludes halogenated alkanes) is 6. The van der Waals surface area contributed by atoms with Gasteiger partial charge in [-0.05, 0) is 25.7 Å². The van der Waals surface area contributed by atoms with Gasteiger partial charge < -0.3 is 24.5 Å². The molecule has 11 heteroatoms. The van der Waals surface area contributed by atoms with E-state index in [1.54, 1.807) is 10.6 Å². The Kier molecular flexibility index (Phi) is 12.1. The third kappa shape index (κ3) is 10.5. The molecule has 0 bridgehead atoms. The summed E-state index contributed by atoms with van der Waals surface area (Å²) in [5.41, 5.74) is 5.79. The van der Waals surface area contributed by atoms with Gasteiger partial charge >= 0.3 is 7.60 Å². The standard InChI is InChI=1S/C22H36N5O5P/c1-2-3-4-5-6-7-8-11-14-31-15-16-32-33(29,30)17-12-9-10-13-27-18-24-19-20(27)25-22(23)26-21(19)28/h2,9-10,18H,1,3-8,11-17H2,(H,29,30)(H3,23,25,26,28)/b10-9-. The molecule has 33 heavy (non-hydrogen) atoms. The van der Waals surface area contributed by atoms with Crippen molar-refractivity contribution in [2.75, 3.05) is 31.7 Å². The monoisotopic (exact) mass is 481 g/mol. The maximum Gasteiger partial charge on any atom is 0.328 e. The number of ether oxygens (including phenoxy) is 1. The molecule has 184 valence electrons. The second-order valence-corrected chi connectivity index (χ2v) is 9.77. The molecule has 4 N–H and O–H groups in total. The molecule has 2 aromatic rings. The zero-order chi connectivity index (χ0) is 23.9. The lowest BCUT2D eigenvalue weighted by Crippen LogP contribution is -2.12. The number of nitrogen functional groups attached to an aromatic ring is 1. The third-order valence-corrected chi connectivity index (χ3v) is 6.42. The second kappa shape index (κ2) is 14.8. The van der Waals surface area contributed by atoms with Crippen LogP contribution in [0.3, 0.4) is 0 Å². The molecule has 10 nitrogen and oxygen atoms in total. The summed E-state index contributed by atoms with van der Waals surface area (Å²) >= 11 is 0. The Morgan fingerprint density at radius 2 is 1.88 bits per heavy atom. The van der Waals surface area contributed by atoms with Crippen molar-refractivity contribution in [1.82, 2.24) is 19.5 Å². The molecule has 2 rings (SSSR count). The number of nitrogens with zero attached hydrogens (tertiary/aromatic N) is 3. The van der Waals surface area contributed by atoms with Crippen LogP contribution in [0.4, 0.5) is 5.95 Å². The van der Waals surface area contributed by atoms with Crippen LogP contribution in [0.1, 0.15) is 51.4 Å². The van der Waals surface area contributed by atoms with Gasteiger partial charge in [0, 0.05) is 13.2 Å². The van der Waals surface area contributed by atoms with E-state index in [4.69, 9.17) is 15.0 Å². The van der Waals surface area contributed by atoms with E-state index in [-0.39, 0.29) is 24.2 Å². The van der Waals surface area contributed by atoms with E-state index in [0.29, 0.717) is 31.8 Å². The summed E-state index contributed by atoms with van der Waals surface area (Å²) in [5, 5.41) is 0. The first-order chi connectivity index (χ1) is 15.9. The van der Waals surface area contributed by atoms with Gasteiger partial charge in [0.1, 0.15) is 0 Å². The highest BCUT2D eigenvalue weighted by atomic mass is 31.2. The number of rotatable bonds is 18. The molecule has 0 aliphatic carbocycles. The highest BCUT2D eigenvalue weighted by Crippen LogP contribution is 2.42. The first-order valence-electron chi connectivity index (χ1n) is 11.4. The summed E-state index contributed by atoms with van der Waals surface area (Å²) < 4.78 is 24.4. The van der Waals surface area contributed by atoms with Crippen LogP contribution in [0.5, 0.6) is 0 Å². The van der Waals surface area contributed by atoms with Gasteiger partial charge in [-0.15, -0.1) is 6.58 Å². The van der Waals surface area contributed by atoms with Crippen molar-refractivity contribution in [1.29, 1.82) is 0 Å². The first kappa shape index (κ1) is 27.0. The SMILES string of the molecule is C=CCCCCCCCCOCCOP(=O)(O)CC/C=C\Cn1cnc2c(=O)[nH]c(N)nc21. The lowest BCUT2D eigenvalue weighted by atomic mass is 10.1. The summed E-state index contributed by atoms with van der Waals surface area (Å²) in [4.78, 5) is 32.2. The molecular weight excluding hydrogens is 445 g/mol. The lowest BCUT2D eigenvalue weighted by molar-refractivity contribution is 0.0926. The Morgan fingerprint density at radius 3 is 2.67 bits per heavy atom. The van der Waals surface area contributed by atoms with Crippen LogP contribution in [0.2, 0.25) is 0 Å². The van der Waals surface area contributed by atoms with Crippen molar-refractivity contribution >= 4 is 24.7 Å². The normalized spacial score (nSPS) is 13.6. The number of nitrogens with two attached hydrogens (primary N) is 1. The fraction of sp³-hybridized carbons (Fsp3) is 0.591. The fourth-order valence-corrected chi connectivity index (χ4v) is 4.22. The van der Waals surface area contributed by atoms with E-state index < -0.39 is 13.2 Å². The number of H-pyrrole nitrogens is 1. The van der Waals surface area contributed by atoms with Crippen LogP contribution in [-0.2, 0) is 20.4 Å². The van der Waals surface area contributed by atoms with E-state index in [0.717, 1.165) is 19.3 Å². The Labute approximate surface area is 194 Å². The molecule has 0 saturated carbocycles. The van der Waals surface area contributed by atoms with E-state index >= 15 is 0 Å². The smallest absolute Gasteiger partial charge is 0.328 e. The van der Waals surface area contributed by atoms with Crippen LogP contribution in [0.25, 0.3) is 11.2 Å². The topological polar surface area (TPSA) is 145 Å². The van der Waals surface area contributed by atoms with Crippen LogP contribution >= 0.6 is 7.60 Å². The quantitative estimate of drug-likeness (QED) is 0.166. The largest absolute Gasteiger partial charge is 0.379 e. The van der Waals surface area contributed by atoms with Crippen molar-refractivity contribution in [2.24, 2.45) is 0 Å². The van der Waals surface area contributed by atoms with Gasteiger partial charge in [-0.1, -0.05) is 43.9 Å². The van der Waals surface area contributed by atoms with E-state index in [9.17, 15) is 14.3 Å². The first-order valence-corrected chi connectivity index (χ1v) is 13.2. The summed E-state index contributed by atoms with van der Waals surface area (Å²) in [7, 11) is -3.66. The highest BCUT2D eigenvalue weighted by molar-refractivity contribution is 7.52. The number of aromatic amines is 1. The molecule has 0 spiro atoms. The van der Waals surface area contributed by atoms with Crippen molar-refractivity contribution < 1.29 is 18.7 Å². The third-order valence-electron chi connectivity index (χ3n) is 5.01. The molecule has 0 aromatic carbocycles. The number of allylic oxidation sites excluding steroid dienone is 3. The van der Waals surface area contributed by atoms with Crippen molar-refractivity contribution in [2.45, 2.75) is 57.9 Å². The minimum absolute atomic E-state index is 0.0187. The lowest BCUT2D eigenvalue weighted by Gasteiger charge is -2.11. The zero-order valence-corrected chi connectivity index (χ0v) is 20.0. The Bertz CT molecular complexity index is 987. The van der Waals surface area contributed by atoms with Gasteiger partial charge in [0.15, 0.2) is 11.2 Å². The van der Waals surface area contributed by atoms with Gasteiger partial charge in [0.25, 0.3) is 5.56 Å². The molecule has 0 aliphatic heterocycles. The van der Waals surface area contributed by atoms with E-state index in [2.05, 4.69) is 21.5 Å². The number of nitrogens with one attached hydrogen (secondary N) is 1. The van der Waals surface area contributed by atoms with Gasteiger partial charge in [-0.2, -0.15) is 4.98 Å². The van der Waals surface area contributed by atoms with Gasteiger partial charge in [-0.3, -0.25) is 14.3 Å². The Hall–Kier alpha value is -2.26. The maximum atomic E-state index is 12.1.